The summed E-state index contributed by atoms with van der Waals surface area (Å²) in [5, 5.41) is 0. The van der Waals surface area contributed by atoms with E-state index in [0.29, 0.717) is 31.3 Å². The molecule has 0 radical (unpaired) electrons. The molecular formula is C20H27F3N2O3. The molecule has 0 bridgehead atoms. The molecule has 0 spiro atoms. The number of hydrogen-bond acceptors (Lipinski definition) is 3. The Balaban J connectivity index is 1.59. The van der Waals surface area contributed by atoms with Crippen molar-refractivity contribution in [2.24, 2.45) is 5.92 Å². The van der Waals surface area contributed by atoms with Gasteiger partial charge in [0.05, 0.1) is 18.2 Å². The van der Waals surface area contributed by atoms with Gasteiger partial charge < -0.3 is 14.4 Å². The molecule has 8 heteroatoms. The summed E-state index contributed by atoms with van der Waals surface area (Å²) in [6.45, 7) is 6.81. The van der Waals surface area contributed by atoms with Crippen LogP contribution in [0.3, 0.4) is 0 Å². The Hall–Kier alpha value is -1.96. The monoisotopic (exact) mass is 400 g/mol. The molecule has 2 atom stereocenters. The highest BCUT2D eigenvalue weighted by molar-refractivity contribution is 5.95. The van der Waals surface area contributed by atoms with E-state index in [9.17, 15) is 18.0 Å². The van der Waals surface area contributed by atoms with E-state index in [4.69, 9.17) is 9.47 Å². The van der Waals surface area contributed by atoms with Crippen LogP contribution in [0.25, 0.3) is 0 Å². The summed E-state index contributed by atoms with van der Waals surface area (Å²) in [7, 11) is 0. The summed E-state index contributed by atoms with van der Waals surface area (Å²) in [6, 6.07) is 6.05. The second-order valence-electron chi connectivity index (χ2n) is 8.25. The lowest BCUT2D eigenvalue weighted by atomic mass is 9.99. The molecule has 1 aromatic rings. The van der Waals surface area contributed by atoms with Crippen molar-refractivity contribution in [3.05, 3.63) is 24.3 Å². The first-order valence-corrected chi connectivity index (χ1v) is 9.58. The first kappa shape index (κ1) is 20.8. The maximum Gasteiger partial charge on any atom is 0.422 e. The molecule has 0 aromatic heterocycles. The van der Waals surface area contributed by atoms with E-state index < -0.39 is 12.8 Å². The quantitative estimate of drug-likeness (QED) is 0.679. The van der Waals surface area contributed by atoms with E-state index >= 15 is 0 Å². The number of urea groups is 1. The van der Waals surface area contributed by atoms with E-state index in [0.717, 1.165) is 12.8 Å². The van der Waals surface area contributed by atoms with E-state index in [-0.39, 0.29) is 23.4 Å². The van der Waals surface area contributed by atoms with Crippen molar-refractivity contribution in [1.82, 2.24) is 4.90 Å². The average molecular weight is 400 g/mol. The van der Waals surface area contributed by atoms with Crippen LogP contribution in [0.2, 0.25) is 0 Å². The van der Waals surface area contributed by atoms with Crippen LogP contribution < -0.4 is 9.64 Å². The smallest absolute Gasteiger partial charge is 0.422 e. The molecule has 156 valence electrons. The second kappa shape index (κ2) is 7.81. The number of rotatable bonds is 7. The third kappa shape index (κ3) is 4.71. The van der Waals surface area contributed by atoms with Gasteiger partial charge in [-0.05, 0) is 43.5 Å². The third-order valence-electron chi connectivity index (χ3n) is 5.27. The molecule has 5 nitrogen and oxygen atoms in total. The summed E-state index contributed by atoms with van der Waals surface area (Å²) >= 11 is 0. The predicted molar refractivity (Wildman–Crippen MR) is 99.7 cm³/mol. The van der Waals surface area contributed by atoms with Crippen LogP contribution in [0.1, 0.15) is 33.6 Å². The molecule has 0 saturated carbocycles. The Morgan fingerprint density at radius 3 is 2.50 bits per heavy atom. The summed E-state index contributed by atoms with van der Waals surface area (Å²) in [6.07, 6.45) is -2.56. The van der Waals surface area contributed by atoms with Crippen LogP contribution in [-0.2, 0) is 4.74 Å². The lowest BCUT2D eigenvalue weighted by molar-refractivity contribution is -0.153. The topological polar surface area (TPSA) is 42.0 Å². The summed E-state index contributed by atoms with van der Waals surface area (Å²) in [5.74, 6) is 0.704. The fourth-order valence-corrected chi connectivity index (χ4v) is 3.77. The maximum atomic E-state index is 12.9. The number of anilines is 1. The molecule has 0 aliphatic carbocycles. The maximum absolute atomic E-state index is 12.9. The lowest BCUT2D eigenvalue weighted by Gasteiger charge is -2.24. The van der Waals surface area contributed by atoms with Crippen molar-refractivity contribution in [2.45, 2.75) is 51.4 Å². The van der Waals surface area contributed by atoms with Gasteiger partial charge in [-0.25, -0.2) is 4.79 Å². The summed E-state index contributed by atoms with van der Waals surface area (Å²) in [4.78, 5) is 16.4. The first-order valence-electron chi connectivity index (χ1n) is 9.58. The van der Waals surface area contributed by atoms with Crippen molar-refractivity contribution in [1.29, 1.82) is 0 Å². The highest BCUT2D eigenvalue weighted by atomic mass is 19.4. The van der Waals surface area contributed by atoms with Crippen molar-refractivity contribution in [2.75, 3.05) is 31.2 Å². The summed E-state index contributed by atoms with van der Waals surface area (Å²) < 4.78 is 47.4. The van der Waals surface area contributed by atoms with Gasteiger partial charge in [-0.3, -0.25) is 4.90 Å². The van der Waals surface area contributed by atoms with E-state index in [1.165, 1.54) is 12.1 Å². The minimum absolute atomic E-state index is 0.0491. The molecule has 2 heterocycles. The number of carbonyl (C=O) groups is 1. The highest BCUT2D eigenvalue weighted by Crippen LogP contribution is 2.39. The minimum atomic E-state index is -4.38. The number of carbonyl (C=O) groups excluding carboxylic acids is 1. The van der Waals surface area contributed by atoms with Crippen LogP contribution in [0.5, 0.6) is 5.75 Å². The van der Waals surface area contributed by atoms with Crippen LogP contribution in [0.15, 0.2) is 24.3 Å². The zero-order valence-electron chi connectivity index (χ0n) is 16.5. The molecule has 2 amide bonds. The normalized spacial score (nSPS) is 25.0. The zero-order valence-corrected chi connectivity index (χ0v) is 16.5. The third-order valence-corrected chi connectivity index (χ3v) is 5.27. The number of amides is 2. The fraction of sp³-hybridized carbons (Fsp3) is 0.650. The summed E-state index contributed by atoms with van der Waals surface area (Å²) in [5.41, 5.74) is 0.350. The molecule has 2 aliphatic rings. The second-order valence-corrected chi connectivity index (χ2v) is 8.25. The number of halogens is 3. The van der Waals surface area contributed by atoms with E-state index in [1.54, 1.807) is 17.0 Å². The van der Waals surface area contributed by atoms with Gasteiger partial charge in [-0.15, -0.1) is 0 Å². The standard InChI is InChI=1S/C20H27F3N2O3/c1-14(2)8-9-27-17-10-19(3)12-24(18(26)25(19)11-17)15-4-6-16(7-5-15)28-13-20(21,22)23/h4-7,14,17H,8-13H2,1-3H3. The molecule has 3 rings (SSSR count). The molecule has 2 saturated heterocycles. The molecule has 1 aromatic carbocycles. The largest absolute Gasteiger partial charge is 0.484 e. The zero-order chi connectivity index (χ0) is 20.5. The van der Waals surface area contributed by atoms with Crippen molar-refractivity contribution < 1.29 is 27.4 Å². The van der Waals surface area contributed by atoms with Gasteiger partial charge in [0, 0.05) is 25.3 Å². The highest BCUT2D eigenvalue weighted by Gasteiger charge is 2.53. The van der Waals surface area contributed by atoms with Gasteiger partial charge in [0.25, 0.3) is 0 Å². The molecule has 2 aliphatic heterocycles. The van der Waals surface area contributed by atoms with Gasteiger partial charge in [-0.2, -0.15) is 13.2 Å². The Labute approximate surface area is 163 Å². The van der Waals surface area contributed by atoms with Crippen LogP contribution >= 0.6 is 0 Å². The molecule has 28 heavy (non-hydrogen) atoms. The number of ether oxygens (including phenoxy) is 2. The average Bonchev–Trinajstić information content (AvgIpc) is 3.05. The Morgan fingerprint density at radius 2 is 1.93 bits per heavy atom. The Morgan fingerprint density at radius 1 is 1.25 bits per heavy atom. The number of fused-ring (bicyclic) bond motifs is 1. The molecule has 0 N–H and O–H groups in total. The van der Waals surface area contributed by atoms with Crippen LogP contribution in [0, 0.1) is 5.92 Å². The van der Waals surface area contributed by atoms with Crippen molar-refractivity contribution in [3.63, 3.8) is 0 Å². The van der Waals surface area contributed by atoms with Crippen LogP contribution in [-0.4, -0.2) is 55.1 Å². The van der Waals surface area contributed by atoms with Gasteiger partial charge in [0.2, 0.25) is 0 Å². The first-order chi connectivity index (χ1) is 13.1. The number of alkyl halides is 3. The Kier molecular flexibility index (Phi) is 5.79. The van der Waals surface area contributed by atoms with Gasteiger partial charge in [-0.1, -0.05) is 13.8 Å². The lowest BCUT2D eigenvalue weighted by Crippen LogP contribution is -2.38. The van der Waals surface area contributed by atoms with E-state index in [1.807, 2.05) is 4.90 Å². The van der Waals surface area contributed by atoms with Crippen LogP contribution in [0.4, 0.5) is 23.7 Å². The van der Waals surface area contributed by atoms with Gasteiger partial charge in [0.1, 0.15) is 5.75 Å². The van der Waals surface area contributed by atoms with Crippen molar-refractivity contribution in [3.8, 4) is 5.75 Å². The van der Waals surface area contributed by atoms with Crippen molar-refractivity contribution >= 4 is 11.7 Å². The van der Waals surface area contributed by atoms with Gasteiger partial charge in [0.15, 0.2) is 6.61 Å². The number of hydrogen-bond donors (Lipinski definition) is 0. The molecule has 2 unspecified atom stereocenters. The predicted octanol–water partition coefficient (Wildman–Crippen LogP) is 4.46. The number of benzene rings is 1. The minimum Gasteiger partial charge on any atom is -0.484 e. The van der Waals surface area contributed by atoms with E-state index in [2.05, 4.69) is 20.8 Å². The SMILES string of the molecule is CC(C)CCOC1CN2C(=O)N(c3ccc(OCC(F)(F)F)cc3)CC2(C)C1. The molecular weight excluding hydrogens is 373 g/mol. The fourth-order valence-electron chi connectivity index (χ4n) is 3.77. The number of nitrogens with zero attached hydrogens (tertiary/aromatic N) is 2. The molecule has 2 fully saturated rings. The van der Waals surface area contributed by atoms with Gasteiger partial charge >= 0.3 is 12.2 Å². The Bertz CT molecular complexity index is 693.